The van der Waals surface area contributed by atoms with Crippen molar-refractivity contribution in [1.29, 1.82) is 0 Å². The standard InChI is InChI=1S/C20H15F3N4OS/c1-10(2)27-19-12(9-24-27)11(8-15(25-19)16-4-3-7-29-16)20(28)26-14-6-5-13(21)17(22)18(14)23/h3-10H,1-2H3,(H,26,28). The van der Waals surface area contributed by atoms with Gasteiger partial charge in [0.15, 0.2) is 23.1 Å². The maximum Gasteiger partial charge on any atom is 0.256 e. The second-order valence-electron chi connectivity index (χ2n) is 6.63. The summed E-state index contributed by atoms with van der Waals surface area (Å²) in [6.07, 6.45) is 1.51. The molecule has 0 saturated heterocycles. The van der Waals surface area contributed by atoms with Crippen LogP contribution in [-0.4, -0.2) is 20.7 Å². The van der Waals surface area contributed by atoms with E-state index >= 15 is 0 Å². The van der Waals surface area contributed by atoms with Gasteiger partial charge < -0.3 is 5.32 Å². The molecular weight excluding hydrogens is 401 g/mol. The zero-order chi connectivity index (χ0) is 20.7. The Morgan fingerprint density at radius 1 is 1.17 bits per heavy atom. The van der Waals surface area contributed by atoms with Crippen molar-refractivity contribution in [2.24, 2.45) is 0 Å². The Bertz CT molecular complexity index is 1220. The van der Waals surface area contributed by atoms with Crippen molar-refractivity contribution >= 4 is 34.0 Å². The van der Waals surface area contributed by atoms with E-state index in [2.05, 4.69) is 15.4 Å². The summed E-state index contributed by atoms with van der Waals surface area (Å²) in [5.41, 5.74) is 0.815. The fourth-order valence-electron chi connectivity index (χ4n) is 2.95. The van der Waals surface area contributed by atoms with E-state index in [0.717, 1.165) is 17.0 Å². The fraction of sp³-hybridized carbons (Fsp3) is 0.150. The van der Waals surface area contributed by atoms with E-state index < -0.39 is 29.0 Å². The molecule has 0 radical (unpaired) electrons. The molecule has 0 bridgehead atoms. The number of thiophene rings is 1. The van der Waals surface area contributed by atoms with Gasteiger partial charge in [0, 0.05) is 6.04 Å². The zero-order valence-electron chi connectivity index (χ0n) is 15.4. The Morgan fingerprint density at radius 3 is 2.66 bits per heavy atom. The average molecular weight is 416 g/mol. The number of nitrogens with zero attached hydrogens (tertiary/aromatic N) is 3. The number of pyridine rings is 1. The van der Waals surface area contributed by atoms with Gasteiger partial charge in [0.2, 0.25) is 0 Å². The summed E-state index contributed by atoms with van der Waals surface area (Å²) in [7, 11) is 0. The van der Waals surface area contributed by atoms with Crippen molar-refractivity contribution in [3.63, 3.8) is 0 Å². The van der Waals surface area contributed by atoms with Crippen LogP contribution >= 0.6 is 11.3 Å². The Balaban J connectivity index is 1.84. The Morgan fingerprint density at radius 2 is 1.97 bits per heavy atom. The molecule has 3 heterocycles. The molecule has 1 amide bonds. The summed E-state index contributed by atoms with van der Waals surface area (Å²) < 4.78 is 42.4. The van der Waals surface area contributed by atoms with Crippen LogP contribution in [0.15, 0.2) is 41.9 Å². The number of carbonyl (C=O) groups is 1. The molecule has 0 aliphatic rings. The van der Waals surface area contributed by atoms with Gasteiger partial charge in [-0.25, -0.2) is 22.8 Å². The SMILES string of the molecule is CC(C)n1ncc2c(C(=O)Nc3ccc(F)c(F)c3F)cc(-c3cccs3)nc21. The summed E-state index contributed by atoms with van der Waals surface area (Å²) in [6.45, 7) is 3.87. The molecule has 1 N–H and O–H groups in total. The van der Waals surface area contributed by atoms with Crippen molar-refractivity contribution in [2.45, 2.75) is 19.9 Å². The number of hydrogen-bond acceptors (Lipinski definition) is 4. The van der Waals surface area contributed by atoms with Gasteiger partial charge in [0.25, 0.3) is 5.91 Å². The van der Waals surface area contributed by atoms with Crippen LogP contribution in [-0.2, 0) is 0 Å². The highest BCUT2D eigenvalue weighted by molar-refractivity contribution is 7.13. The minimum Gasteiger partial charge on any atom is -0.319 e. The largest absolute Gasteiger partial charge is 0.319 e. The zero-order valence-corrected chi connectivity index (χ0v) is 16.2. The molecule has 9 heteroatoms. The van der Waals surface area contributed by atoms with Crippen molar-refractivity contribution in [3.8, 4) is 10.6 Å². The monoisotopic (exact) mass is 416 g/mol. The van der Waals surface area contributed by atoms with Crippen LogP contribution in [0.1, 0.15) is 30.2 Å². The molecule has 3 aromatic heterocycles. The van der Waals surface area contributed by atoms with E-state index in [1.165, 1.54) is 17.5 Å². The molecule has 4 aromatic rings. The summed E-state index contributed by atoms with van der Waals surface area (Å²) in [5, 5.41) is 8.98. The van der Waals surface area contributed by atoms with Gasteiger partial charge >= 0.3 is 0 Å². The maximum atomic E-state index is 14.0. The van der Waals surface area contributed by atoms with Gasteiger partial charge in [-0.15, -0.1) is 11.3 Å². The Kier molecular flexibility index (Phi) is 4.83. The summed E-state index contributed by atoms with van der Waals surface area (Å²) in [5.74, 6) is -5.11. The molecule has 0 unspecified atom stereocenters. The minimum atomic E-state index is -1.64. The number of rotatable bonds is 4. The van der Waals surface area contributed by atoms with Crippen molar-refractivity contribution in [3.05, 3.63) is 64.9 Å². The van der Waals surface area contributed by atoms with E-state index in [9.17, 15) is 18.0 Å². The molecule has 29 heavy (non-hydrogen) atoms. The first-order valence-corrected chi connectivity index (χ1v) is 9.61. The third-order valence-electron chi connectivity index (χ3n) is 4.36. The molecule has 5 nitrogen and oxygen atoms in total. The highest BCUT2D eigenvalue weighted by atomic mass is 32.1. The number of fused-ring (bicyclic) bond motifs is 1. The third kappa shape index (κ3) is 3.38. The van der Waals surface area contributed by atoms with Crippen LogP contribution in [0.5, 0.6) is 0 Å². The molecule has 0 aliphatic carbocycles. The van der Waals surface area contributed by atoms with Crippen LogP contribution in [0.25, 0.3) is 21.6 Å². The lowest BCUT2D eigenvalue weighted by atomic mass is 10.1. The van der Waals surface area contributed by atoms with Crippen LogP contribution in [0.2, 0.25) is 0 Å². The topological polar surface area (TPSA) is 59.8 Å². The number of amides is 1. The van der Waals surface area contributed by atoms with Crippen LogP contribution in [0.4, 0.5) is 18.9 Å². The number of hydrogen-bond donors (Lipinski definition) is 1. The number of halogens is 3. The van der Waals surface area contributed by atoms with E-state index in [-0.39, 0.29) is 11.6 Å². The predicted octanol–water partition coefficient (Wildman–Crippen LogP) is 5.41. The van der Waals surface area contributed by atoms with Gasteiger partial charge in [-0.1, -0.05) is 6.07 Å². The lowest BCUT2D eigenvalue weighted by Gasteiger charge is -2.11. The normalized spacial score (nSPS) is 11.4. The Hall–Kier alpha value is -3.20. The maximum absolute atomic E-state index is 14.0. The first-order valence-electron chi connectivity index (χ1n) is 8.73. The van der Waals surface area contributed by atoms with Crippen LogP contribution in [0, 0.1) is 17.5 Å². The predicted molar refractivity (Wildman–Crippen MR) is 105 cm³/mol. The lowest BCUT2D eigenvalue weighted by molar-refractivity contribution is 0.102. The number of benzene rings is 1. The summed E-state index contributed by atoms with van der Waals surface area (Å²) >= 11 is 1.46. The molecule has 0 spiro atoms. The van der Waals surface area contributed by atoms with E-state index in [0.29, 0.717) is 16.7 Å². The van der Waals surface area contributed by atoms with Gasteiger partial charge in [0.1, 0.15) is 0 Å². The lowest BCUT2D eigenvalue weighted by Crippen LogP contribution is -2.15. The molecule has 0 atom stereocenters. The quantitative estimate of drug-likeness (QED) is 0.453. The van der Waals surface area contributed by atoms with E-state index in [1.807, 2.05) is 31.4 Å². The van der Waals surface area contributed by atoms with E-state index in [1.54, 1.807) is 10.7 Å². The average Bonchev–Trinajstić information content (AvgIpc) is 3.37. The minimum absolute atomic E-state index is 0.00173. The van der Waals surface area contributed by atoms with Gasteiger partial charge in [-0.3, -0.25) is 4.79 Å². The number of aromatic nitrogens is 3. The second kappa shape index (κ2) is 7.32. The van der Waals surface area contributed by atoms with Gasteiger partial charge in [-0.05, 0) is 43.5 Å². The number of anilines is 1. The number of nitrogens with one attached hydrogen (secondary N) is 1. The third-order valence-corrected chi connectivity index (χ3v) is 5.25. The smallest absolute Gasteiger partial charge is 0.256 e. The van der Waals surface area contributed by atoms with Gasteiger partial charge in [-0.2, -0.15) is 5.10 Å². The van der Waals surface area contributed by atoms with Gasteiger partial charge in [0.05, 0.1) is 33.4 Å². The number of carbonyl (C=O) groups excluding carboxylic acids is 1. The molecule has 0 saturated carbocycles. The first-order chi connectivity index (χ1) is 13.9. The molecule has 0 fully saturated rings. The van der Waals surface area contributed by atoms with Crippen molar-refractivity contribution in [2.75, 3.05) is 5.32 Å². The highest BCUT2D eigenvalue weighted by Crippen LogP contribution is 2.30. The highest BCUT2D eigenvalue weighted by Gasteiger charge is 2.21. The molecule has 1 aromatic carbocycles. The molecule has 0 aliphatic heterocycles. The van der Waals surface area contributed by atoms with Crippen molar-refractivity contribution in [1.82, 2.24) is 14.8 Å². The first kappa shape index (κ1) is 19.1. The van der Waals surface area contributed by atoms with Crippen molar-refractivity contribution < 1.29 is 18.0 Å². The van der Waals surface area contributed by atoms with Crippen LogP contribution in [0.3, 0.4) is 0 Å². The second-order valence-corrected chi connectivity index (χ2v) is 7.58. The molecular formula is C20H15F3N4OS. The fourth-order valence-corrected chi connectivity index (χ4v) is 3.63. The molecule has 4 rings (SSSR count). The Labute approximate surface area is 167 Å². The molecule has 148 valence electrons. The van der Waals surface area contributed by atoms with Crippen LogP contribution < -0.4 is 5.32 Å². The van der Waals surface area contributed by atoms with E-state index in [4.69, 9.17) is 0 Å². The summed E-state index contributed by atoms with van der Waals surface area (Å²) in [6, 6.07) is 7.03. The summed E-state index contributed by atoms with van der Waals surface area (Å²) in [4.78, 5) is 18.4.